The maximum atomic E-state index is 11.7. The number of hydrogen-bond acceptors (Lipinski definition) is 3. The number of nitrogens with zero attached hydrogens (tertiary/aromatic N) is 1. The lowest BCUT2D eigenvalue weighted by molar-refractivity contribution is -0.133. The quantitative estimate of drug-likeness (QED) is 0.879. The van der Waals surface area contributed by atoms with E-state index in [2.05, 4.69) is 0 Å². The second-order valence-corrected chi connectivity index (χ2v) is 4.74. The van der Waals surface area contributed by atoms with Crippen LogP contribution in [0.15, 0.2) is 30.3 Å². The Hall–Kier alpha value is -1.55. The van der Waals surface area contributed by atoms with Crippen molar-refractivity contribution in [3.8, 4) is 5.75 Å². The van der Waals surface area contributed by atoms with Crippen LogP contribution in [0.3, 0.4) is 0 Å². The number of carbonyl (C=O) groups excluding carboxylic acids is 1. The lowest BCUT2D eigenvalue weighted by atomic mass is 10.1. The van der Waals surface area contributed by atoms with Crippen LogP contribution >= 0.6 is 0 Å². The Morgan fingerprint density at radius 1 is 1.33 bits per heavy atom. The maximum absolute atomic E-state index is 11.7. The van der Waals surface area contributed by atoms with Crippen molar-refractivity contribution in [1.29, 1.82) is 0 Å². The van der Waals surface area contributed by atoms with Crippen LogP contribution in [0.2, 0.25) is 0 Å². The molecule has 0 saturated carbocycles. The van der Waals surface area contributed by atoms with Gasteiger partial charge in [0.1, 0.15) is 11.9 Å². The van der Waals surface area contributed by atoms with Crippen LogP contribution in [0.1, 0.15) is 19.8 Å². The van der Waals surface area contributed by atoms with Crippen LogP contribution in [0.5, 0.6) is 5.75 Å². The van der Waals surface area contributed by atoms with Crippen LogP contribution in [-0.4, -0.2) is 36.0 Å². The topological polar surface area (TPSA) is 55.6 Å². The number of carbonyl (C=O) groups is 1. The number of benzene rings is 1. The van der Waals surface area contributed by atoms with E-state index in [1.54, 1.807) is 6.92 Å². The first kappa shape index (κ1) is 12.9. The number of hydrogen-bond donors (Lipinski definition) is 1. The lowest BCUT2D eigenvalue weighted by Gasteiger charge is -2.33. The third-order valence-electron chi connectivity index (χ3n) is 3.19. The van der Waals surface area contributed by atoms with Gasteiger partial charge in [-0.3, -0.25) is 4.79 Å². The molecule has 1 aromatic carbocycles. The number of piperidine rings is 1. The standard InChI is InChI=1S/C14H20N2O2/c1-11(15)14(17)16-9-7-13(8-10-16)18-12-5-3-2-4-6-12/h2-6,11,13H,7-10,15H2,1H3/t11-/m1/s1. The molecule has 0 bridgehead atoms. The minimum atomic E-state index is -0.406. The summed E-state index contributed by atoms with van der Waals surface area (Å²) >= 11 is 0. The Morgan fingerprint density at radius 3 is 2.50 bits per heavy atom. The zero-order valence-electron chi connectivity index (χ0n) is 10.7. The average Bonchev–Trinajstić information content (AvgIpc) is 2.40. The van der Waals surface area contributed by atoms with E-state index in [0.29, 0.717) is 0 Å². The monoisotopic (exact) mass is 248 g/mol. The highest BCUT2D eigenvalue weighted by atomic mass is 16.5. The smallest absolute Gasteiger partial charge is 0.239 e. The number of para-hydroxylation sites is 1. The molecule has 18 heavy (non-hydrogen) atoms. The number of rotatable bonds is 3. The van der Waals surface area contributed by atoms with E-state index in [1.165, 1.54) is 0 Å². The van der Waals surface area contributed by atoms with Gasteiger partial charge in [-0.2, -0.15) is 0 Å². The van der Waals surface area contributed by atoms with Crippen molar-refractivity contribution in [3.63, 3.8) is 0 Å². The van der Waals surface area contributed by atoms with E-state index < -0.39 is 6.04 Å². The third kappa shape index (κ3) is 3.23. The molecular formula is C14H20N2O2. The van der Waals surface area contributed by atoms with Crippen LogP contribution in [0.25, 0.3) is 0 Å². The van der Waals surface area contributed by atoms with Crippen molar-refractivity contribution < 1.29 is 9.53 Å². The molecule has 2 rings (SSSR count). The summed E-state index contributed by atoms with van der Waals surface area (Å²) in [6.07, 6.45) is 1.94. The fraction of sp³-hybridized carbons (Fsp3) is 0.500. The van der Waals surface area contributed by atoms with E-state index in [9.17, 15) is 4.79 Å². The molecule has 1 fully saturated rings. The Bertz CT molecular complexity index is 384. The molecule has 0 aliphatic carbocycles. The Balaban J connectivity index is 1.82. The lowest BCUT2D eigenvalue weighted by Crippen LogP contribution is -2.47. The van der Waals surface area contributed by atoms with Crippen molar-refractivity contribution in [2.45, 2.75) is 31.9 Å². The van der Waals surface area contributed by atoms with Gasteiger partial charge >= 0.3 is 0 Å². The van der Waals surface area contributed by atoms with Crippen LogP contribution in [0.4, 0.5) is 0 Å². The molecule has 1 aliphatic heterocycles. The van der Waals surface area contributed by atoms with Gasteiger partial charge in [-0.05, 0) is 19.1 Å². The first-order valence-electron chi connectivity index (χ1n) is 6.43. The number of ether oxygens (including phenoxy) is 1. The Labute approximate surface area is 108 Å². The van der Waals surface area contributed by atoms with E-state index in [1.807, 2.05) is 35.2 Å². The molecule has 0 radical (unpaired) electrons. The predicted molar refractivity (Wildman–Crippen MR) is 70.3 cm³/mol. The molecule has 0 aromatic heterocycles. The molecule has 4 heteroatoms. The first-order valence-corrected chi connectivity index (χ1v) is 6.43. The zero-order chi connectivity index (χ0) is 13.0. The molecule has 1 aromatic rings. The number of likely N-dealkylation sites (tertiary alicyclic amines) is 1. The first-order chi connectivity index (χ1) is 8.66. The highest BCUT2D eigenvalue weighted by molar-refractivity contribution is 5.81. The fourth-order valence-electron chi connectivity index (χ4n) is 2.17. The van der Waals surface area contributed by atoms with Crippen molar-refractivity contribution in [2.75, 3.05) is 13.1 Å². The summed E-state index contributed by atoms with van der Waals surface area (Å²) in [7, 11) is 0. The van der Waals surface area contributed by atoms with Gasteiger partial charge < -0.3 is 15.4 Å². The average molecular weight is 248 g/mol. The van der Waals surface area contributed by atoms with Crippen LogP contribution in [0, 0.1) is 0 Å². The summed E-state index contributed by atoms with van der Waals surface area (Å²) in [6, 6.07) is 9.40. The minimum Gasteiger partial charge on any atom is -0.490 e. The summed E-state index contributed by atoms with van der Waals surface area (Å²) in [4.78, 5) is 13.6. The van der Waals surface area contributed by atoms with Crippen molar-refractivity contribution in [1.82, 2.24) is 4.90 Å². The van der Waals surface area contributed by atoms with Crippen molar-refractivity contribution in [2.24, 2.45) is 5.73 Å². The van der Waals surface area contributed by atoms with E-state index >= 15 is 0 Å². The molecule has 1 heterocycles. The second kappa shape index (κ2) is 5.87. The normalized spacial score (nSPS) is 18.4. The summed E-state index contributed by atoms with van der Waals surface area (Å²) in [5, 5.41) is 0. The zero-order valence-corrected chi connectivity index (χ0v) is 10.7. The highest BCUT2D eigenvalue weighted by Gasteiger charge is 2.25. The molecule has 0 spiro atoms. The Kier molecular flexibility index (Phi) is 4.20. The molecule has 1 saturated heterocycles. The van der Waals surface area contributed by atoms with Crippen molar-refractivity contribution >= 4 is 5.91 Å². The second-order valence-electron chi connectivity index (χ2n) is 4.74. The van der Waals surface area contributed by atoms with Gasteiger partial charge in [0, 0.05) is 25.9 Å². The molecule has 0 unspecified atom stereocenters. The van der Waals surface area contributed by atoms with Gasteiger partial charge in [-0.15, -0.1) is 0 Å². The summed E-state index contributed by atoms with van der Waals surface area (Å²) in [5.41, 5.74) is 5.60. The summed E-state index contributed by atoms with van der Waals surface area (Å²) < 4.78 is 5.87. The van der Waals surface area contributed by atoms with Crippen LogP contribution in [-0.2, 0) is 4.79 Å². The Morgan fingerprint density at radius 2 is 1.94 bits per heavy atom. The van der Waals surface area contributed by atoms with E-state index in [4.69, 9.17) is 10.5 Å². The van der Waals surface area contributed by atoms with Crippen LogP contribution < -0.4 is 10.5 Å². The third-order valence-corrected chi connectivity index (χ3v) is 3.19. The molecule has 1 amide bonds. The van der Waals surface area contributed by atoms with E-state index in [-0.39, 0.29) is 12.0 Å². The molecule has 1 atom stereocenters. The van der Waals surface area contributed by atoms with E-state index in [0.717, 1.165) is 31.7 Å². The predicted octanol–water partition coefficient (Wildman–Crippen LogP) is 1.40. The molecule has 1 aliphatic rings. The van der Waals surface area contributed by atoms with Gasteiger partial charge in [0.05, 0.1) is 6.04 Å². The SMILES string of the molecule is C[C@@H](N)C(=O)N1CCC(Oc2ccccc2)CC1. The maximum Gasteiger partial charge on any atom is 0.239 e. The summed E-state index contributed by atoms with van der Waals surface area (Å²) in [5.74, 6) is 0.933. The summed E-state index contributed by atoms with van der Waals surface area (Å²) in [6.45, 7) is 3.20. The van der Waals surface area contributed by atoms with Gasteiger partial charge in [0.25, 0.3) is 0 Å². The molecular weight excluding hydrogens is 228 g/mol. The highest BCUT2D eigenvalue weighted by Crippen LogP contribution is 2.18. The molecule has 2 N–H and O–H groups in total. The number of amides is 1. The van der Waals surface area contributed by atoms with Gasteiger partial charge in [-0.1, -0.05) is 18.2 Å². The van der Waals surface area contributed by atoms with Gasteiger partial charge in [-0.25, -0.2) is 0 Å². The van der Waals surface area contributed by atoms with Gasteiger partial charge in [0.15, 0.2) is 0 Å². The van der Waals surface area contributed by atoms with Gasteiger partial charge in [0.2, 0.25) is 5.91 Å². The van der Waals surface area contributed by atoms with Crippen molar-refractivity contribution in [3.05, 3.63) is 30.3 Å². The fourth-order valence-corrected chi connectivity index (χ4v) is 2.17. The number of nitrogens with two attached hydrogens (primary N) is 1. The largest absolute Gasteiger partial charge is 0.490 e. The molecule has 98 valence electrons. The minimum absolute atomic E-state index is 0.0353. The molecule has 4 nitrogen and oxygen atoms in total.